The molecular weight excluding hydrogens is 252 g/mol. The molecule has 5 heteroatoms. The van der Waals surface area contributed by atoms with E-state index in [0.717, 1.165) is 44.1 Å². The maximum Gasteiger partial charge on any atom is 0.225 e. The Kier molecular flexibility index (Phi) is 3.89. The van der Waals surface area contributed by atoms with E-state index in [2.05, 4.69) is 16.7 Å². The van der Waals surface area contributed by atoms with Crippen molar-refractivity contribution in [2.45, 2.75) is 38.7 Å². The third-order valence-corrected chi connectivity index (χ3v) is 4.37. The normalized spacial score (nSPS) is 24.4. The molecule has 1 atom stereocenters. The van der Waals surface area contributed by atoms with Crippen LogP contribution in [-0.2, 0) is 12.8 Å². The minimum absolute atomic E-state index is 0.331. The first-order chi connectivity index (χ1) is 9.63. The lowest BCUT2D eigenvalue weighted by molar-refractivity contribution is 0.145. The maximum absolute atomic E-state index is 10.1. The van der Waals surface area contributed by atoms with Crippen molar-refractivity contribution in [1.82, 2.24) is 14.9 Å². The molecule has 1 N–H and O–H groups in total. The van der Waals surface area contributed by atoms with E-state index in [9.17, 15) is 5.11 Å². The molecule has 2 heterocycles. The van der Waals surface area contributed by atoms with Gasteiger partial charge >= 0.3 is 0 Å². The molecule has 1 unspecified atom stereocenters. The Bertz CT molecular complexity index is 491. The first-order valence-corrected chi connectivity index (χ1v) is 7.61. The number of aliphatic hydroxyl groups excluding tert-OH is 1. The van der Waals surface area contributed by atoms with Crippen LogP contribution in [0.3, 0.4) is 0 Å². The van der Waals surface area contributed by atoms with Gasteiger partial charge in [-0.25, -0.2) is 9.97 Å². The molecule has 0 bridgehead atoms. The zero-order chi connectivity index (χ0) is 14.1. The lowest BCUT2D eigenvalue weighted by Crippen LogP contribution is -2.34. The van der Waals surface area contributed by atoms with Gasteiger partial charge in [0.25, 0.3) is 0 Å². The second-order valence-corrected chi connectivity index (χ2v) is 6.10. The molecule has 2 aliphatic rings. The maximum atomic E-state index is 10.1. The van der Waals surface area contributed by atoms with Crippen LogP contribution in [0, 0.1) is 6.92 Å². The van der Waals surface area contributed by atoms with Crippen LogP contribution in [0.25, 0.3) is 0 Å². The summed E-state index contributed by atoms with van der Waals surface area (Å²) in [6.45, 7) is 5.26. The van der Waals surface area contributed by atoms with Gasteiger partial charge in [-0.05, 0) is 45.2 Å². The average molecular weight is 276 g/mol. The van der Waals surface area contributed by atoms with E-state index in [1.165, 1.54) is 24.1 Å². The van der Waals surface area contributed by atoms with E-state index in [0.29, 0.717) is 6.54 Å². The van der Waals surface area contributed by atoms with Gasteiger partial charge in [-0.3, -0.25) is 0 Å². The second-order valence-electron chi connectivity index (χ2n) is 6.10. The van der Waals surface area contributed by atoms with Crippen LogP contribution in [0.4, 0.5) is 5.95 Å². The van der Waals surface area contributed by atoms with Gasteiger partial charge in [0, 0.05) is 37.6 Å². The lowest BCUT2D eigenvalue weighted by Gasteiger charge is -2.25. The van der Waals surface area contributed by atoms with Gasteiger partial charge in [0.2, 0.25) is 5.95 Å². The van der Waals surface area contributed by atoms with E-state index in [-0.39, 0.29) is 6.10 Å². The van der Waals surface area contributed by atoms with Crippen LogP contribution < -0.4 is 4.90 Å². The number of likely N-dealkylation sites (N-methyl/N-ethyl adjacent to an activating group) is 1. The Morgan fingerprint density at radius 3 is 2.75 bits per heavy atom. The van der Waals surface area contributed by atoms with Crippen molar-refractivity contribution in [2.24, 2.45) is 0 Å². The number of anilines is 1. The second kappa shape index (κ2) is 5.66. The summed E-state index contributed by atoms with van der Waals surface area (Å²) in [6, 6.07) is 0. The van der Waals surface area contributed by atoms with Gasteiger partial charge in [0.1, 0.15) is 0 Å². The molecule has 1 saturated heterocycles. The summed E-state index contributed by atoms with van der Waals surface area (Å²) in [4.78, 5) is 13.8. The molecule has 1 aliphatic heterocycles. The van der Waals surface area contributed by atoms with Crippen molar-refractivity contribution in [1.29, 1.82) is 0 Å². The van der Waals surface area contributed by atoms with E-state index >= 15 is 0 Å². The summed E-state index contributed by atoms with van der Waals surface area (Å²) in [5, 5.41) is 10.1. The summed E-state index contributed by atoms with van der Waals surface area (Å²) in [5.41, 5.74) is 3.70. The molecule has 1 aromatic heterocycles. The lowest BCUT2D eigenvalue weighted by atomic mass is 9.95. The molecule has 1 fully saturated rings. The Morgan fingerprint density at radius 2 is 1.90 bits per heavy atom. The fraction of sp³-hybridized carbons (Fsp3) is 0.733. The minimum atomic E-state index is -0.331. The fourth-order valence-corrected chi connectivity index (χ4v) is 3.23. The molecule has 3 rings (SSSR count). The average Bonchev–Trinajstić information content (AvgIpc) is 2.59. The third-order valence-electron chi connectivity index (χ3n) is 4.37. The zero-order valence-electron chi connectivity index (χ0n) is 12.5. The number of nitrogens with zero attached hydrogens (tertiary/aromatic N) is 4. The molecule has 0 spiro atoms. The molecule has 5 nitrogen and oxygen atoms in total. The van der Waals surface area contributed by atoms with Gasteiger partial charge in [0.05, 0.1) is 6.10 Å². The van der Waals surface area contributed by atoms with Gasteiger partial charge in [0.15, 0.2) is 0 Å². The quantitative estimate of drug-likeness (QED) is 0.821. The number of hydrogen-bond acceptors (Lipinski definition) is 5. The first-order valence-electron chi connectivity index (χ1n) is 7.61. The Labute approximate surface area is 120 Å². The highest BCUT2D eigenvalue weighted by molar-refractivity contribution is 5.38. The number of aryl methyl sites for hydroxylation is 2. The van der Waals surface area contributed by atoms with Crippen molar-refractivity contribution < 1.29 is 5.11 Å². The topological polar surface area (TPSA) is 52.5 Å². The molecular formula is C15H24N4O. The van der Waals surface area contributed by atoms with Crippen LogP contribution in [0.1, 0.15) is 29.8 Å². The highest BCUT2D eigenvalue weighted by Gasteiger charge is 2.23. The first kappa shape index (κ1) is 13.8. The van der Waals surface area contributed by atoms with Crippen LogP contribution >= 0.6 is 0 Å². The van der Waals surface area contributed by atoms with Gasteiger partial charge < -0.3 is 14.9 Å². The molecule has 0 aromatic carbocycles. The standard InChI is InChI=1S/C15H24N4O/c1-11-13-5-3-4-6-14(13)17-15(16-11)19-8-7-18(2)9-12(20)10-19/h12,20H,3-10H2,1-2H3. The van der Waals surface area contributed by atoms with Crippen LogP contribution in [0.2, 0.25) is 0 Å². The van der Waals surface area contributed by atoms with Crippen molar-refractivity contribution in [3.63, 3.8) is 0 Å². The molecule has 20 heavy (non-hydrogen) atoms. The molecule has 0 radical (unpaired) electrons. The fourth-order valence-electron chi connectivity index (χ4n) is 3.23. The van der Waals surface area contributed by atoms with Crippen LogP contribution in [0.5, 0.6) is 0 Å². The molecule has 110 valence electrons. The van der Waals surface area contributed by atoms with Crippen molar-refractivity contribution in [3.05, 3.63) is 17.0 Å². The van der Waals surface area contributed by atoms with E-state index in [1.807, 2.05) is 7.05 Å². The minimum Gasteiger partial charge on any atom is -0.390 e. The van der Waals surface area contributed by atoms with Crippen molar-refractivity contribution in [2.75, 3.05) is 38.1 Å². The zero-order valence-corrected chi connectivity index (χ0v) is 12.5. The Hall–Kier alpha value is -1.20. The summed E-state index contributed by atoms with van der Waals surface area (Å²) in [7, 11) is 2.05. The van der Waals surface area contributed by atoms with Gasteiger partial charge in [-0.2, -0.15) is 0 Å². The van der Waals surface area contributed by atoms with Gasteiger partial charge in [-0.15, -0.1) is 0 Å². The van der Waals surface area contributed by atoms with E-state index < -0.39 is 0 Å². The number of aromatic nitrogens is 2. The molecule has 1 aliphatic carbocycles. The Morgan fingerprint density at radius 1 is 1.10 bits per heavy atom. The van der Waals surface area contributed by atoms with E-state index in [1.54, 1.807) is 0 Å². The molecule has 0 saturated carbocycles. The number of rotatable bonds is 1. The number of β-amino-alcohol motifs (C(OH)–C–C–N with tert-alkyl or cyclic N) is 1. The highest BCUT2D eigenvalue weighted by atomic mass is 16.3. The molecule has 0 amide bonds. The summed E-state index contributed by atoms with van der Waals surface area (Å²) < 4.78 is 0. The van der Waals surface area contributed by atoms with Crippen LogP contribution in [-0.4, -0.2) is 59.3 Å². The van der Waals surface area contributed by atoms with Crippen molar-refractivity contribution >= 4 is 5.95 Å². The predicted octanol–water partition coefficient (Wildman–Crippen LogP) is 0.777. The molecule has 1 aromatic rings. The highest BCUT2D eigenvalue weighted by Crippen LogP contribution is 2.24. The summed E-state index contributed by atoms with van der Waals surface area (Å²) >= 11 is 0. The summed E-state index contributed by atoms with van der Waals surface area (Å²) in [6.07, 6.45) is 4.34. The predicted molar refractivity (Wildman–Crippen MR) is 79.1 cm³/mol. The number of fused-ring (bicyclic) bond motifs is 1. The SMILES string of the molecule is Cc1nc(N2CCN(C)CC(O)C2)nc2c1CCCC2. The summed E-state index contributed by atoms with van der Waals surface area (Å²) in [5.74, 6) is 0.803. The third kappa shape index (κ3) is 2.79. The largest absolute Gasteiger partial charge is 0.390 e. The monoisotopic (exact) mass is 276 g/mol. The van der Waals surface area contributed by atoms with Crippen molar-refractivity contribution in [3.8, 4) is 0 Å². The number of hydrogen-bond donors (Lipinski definition) is 1. The van der Waals surface area contributed by atoms with Crippen LogP contribution in [0.15, 0.2) is 0 Å². The van der Waals surface area contributed by atoms with E-state index in [4.69, 9.17) is 9.97 Å². The number of aliphatic hydroxyl groups is 1. The van der Waals surface area contributed by atoms with Gasteiger partial charge in [-0.1, -0.05) is 0 Å². The smallest absolute Gasteiger partial charge is 0.225 e. The Balaban J connectivity index is 1.87.